The van der Waals surface area contributed by atoms with Gasteiger partial charge in [-0.25, -0.2) is 4.98 Å². The largest absolute Gasteiger partial charge is 0.384 e. The zero-order chi connectivity index (χ0) is 19.1. The third-order valence-corrected chi connectivity index (χ3v) is 5.88. The van der Waals surface area contributed by atoms with Gasteiger partial charge in [0, 0.05) is 12.3 Å². The van der Waals surface area contributed by atoms with E-state index in [1.54, 1.807) is 0 Å². The number of halogens is 2. The van der Waals surface area contributed by atoms with Crippen molar-refractivity contribution in [3.63, 3.8) is 0 Å². The van der Waals surface area contributed by atoms with Gasteiger partial charge in [-0.05, 0) is 38.2 Å². The third-order valence-electron chi connectivity index (χ3n) is 5.88. The molecule has 1 spiro atoms. The maximum Gasteiger partial charge on any atom is 0.304 e. The van der Waals surface area contributed by atoms with Gasteiger partial charge in [-0.1, -0.05) is 0 Å². The van der Waals surface area contributed by atoms with E-state index in [2.05, 4.69) is 15.6 Å². The molecule has 1 saturated carbocycles. The maximum absolute atomic E-state index is 15.3. The molecule has 0 saturated heterocycles. The Balaban J connectivity index is 1.85. The molecule has 9 heteroatoms. The van der Waals surface area contributed by atoms with E-state index in [-0.39, 0.29) is 34.0 Å². The zero-order valence-electron chi connectivity index (χ0n) is 14.5. The number of aromatic nitrogens is 2. The predicted octanol–water partition coefficient (Wildman–Crippen LogP) is 2.30. The Morgan fingerprint density at radius 1 is 1.26 bits per heavy atom. The van der Waals surface area contributed by atoms with Crippen molar-refractivity contribution in [2.75, 3.05) is 11.1 Å². The first-order valence-corrected chi connectivity index (χ1v) is 8.80. The van der Waals surface area contributed by atoms with E-state index in [4.69, 9.17) is 5.73 Å². The lowest BCUT2D eigenvalue weighted by atomic mass is 9.90. The number of anilines is 3. The van der Waals surface area contributed by atoms with Crippen molar-refractivity contribution < 1.29 is 13.6 Å². The number of carbonyl (C=O) groups is 1. The summed E-state index contributed by atoms with van der Waals surface area (Å²) in [7, 11) is 0. The van der Waals surface area contributed by atoms with Crippen molar-refractivity contribution in [1.29, 1.82) is 0 Å². The number of nitrogens with zero attached hydrogens (tertiary/aromatic N) is 2. The standard InChI is InChI=1S/C18H17F2N5O2/c1-8-12-13(23-10-6-11(21)22-7-9(10)18(12,19)20)16(27)25-14(8)15(26)24-17(25)4-2-3-5-17/h6-7,23H,2-5H2,1H3,(H2,21,22)(H,24,26). The number of amides is 1. The normalized spacial score (nSPS) is 20.6. The van der Waals surface area contributed by atoms with Crippen LogP contribution in [0.5, 0.6) is 0 Å². The highest BCUT2D eigenvalue weighted by Crippen LogP contribution is 2.50. The minimum Gasteiger partial charge on any atom is -0.384 e. The fourth-order valence-electron chi connectivity index (χ4n) is 4.71. The average Bonchev–Trinajstić information content (AvgIpc) is 3.16. The van der Waals surface area contributed by atoms with Gasteiger partial charge in [-0.15, -0.1) is 0 Å². The minimum atomic E-state index is -3.47. The summed E-state index contributed by atoms with van der Waals surface area (Å²) < 4.78 is 32.0. The lowest BCUT2D eigenvalue weighted by Gasteiger charge is -2.32. The molecule has 4 N–H and O–H groups in total. The van der Waals surface area contributed by atoms with Crippen LogP contribution in [0.25, 0.3) is 0 Å². The summed E-state index contributed by atoms with van der Waals surface area (Å²) >= 11 is 0. The zero-order valence-corrected chi connectivity index (χ0v) is 14.5. The number of rotatable bonds is 0. The van der Waals surface area contributed by atoms with Crippen molar-refractivity contribution in [3.8, 4) is 0 Å². The summed E-state index contributed by atoms with van der Waals surface area (Å²) in [6.45, 7) is 1.46. The van der Waals surface area contributed by atoms with Gasteiger partial charge in [-0.3, -0.25) is 14.2 Å². The molecule has 27 heavy (non-hydrogen) atoms. The maximum atomic E-state index is 15.3. The highest BCUT2D eigenvalue weighted by atomic mass is 19.3. The topological polar surface area (TPSA) is 102 Å². The molecule has 0 unspecified atom stereocenters. The molecule has 3 aliphatic rings. The van der Waals surface area contributed by atoms with Crippen molar-refractivity contribution in [2.45, 2.75) is 44.2 Å². The van der Waals surface area contributed by atoms with Gasteiger partial charge in [0.2, 0.25) is 0 Å². The second-order valence-electron chi connectivity index (χ2n) is 7.41. The monoisotopic (exact) mass is 373 g/mol. The molecule has 7 nitrogen and oxygen atoms in total. The average molecular weight is 373 g/mol. The molecule has 2 aliphatic heterocycles. The summed E-state index contributed by atoms with van der Waals surface area (Å²) in [5.74, 6) is -3.88. The van der Waals surface area contributed by atoms with Gasteiger partial charge in [0.05, 0.1) is 16.8 Å². The molecule has 1 aliphatic carbocycles. The van der Waals surface area contributed by atoms with E-state index in [9.17, 15) is 9.59 Å². The van der Waals surface area contributed by atoms with Crippen LogP contribution in [-0.4, -0.2) is 15.5 Å². The highest BCUT2D eigenvalue weighted by molar-refractivity contribution is 5.98. The van der Waals surface area contributed by atoms with Gasteiger partial charge >= 0.3 is 5.92 Å². The number of fused-ring (bicyclic) bond motifs is 4. The first-order chi connectivity index (χ1) is 12.8. The fourth-order valence-corrected chi connectivity index (χ4v) is 4.71. The third kappa shape index (κ3) is 1.86. The summed E-state index contributed by atoms with van der Waals surface area (Å²) in [5, 5.41) is 5.70. The second-order valence-corrected chi connectivity index (χ2v) is 7.41. The van der Waals surface area contributed by atoms with E-state index in [0.29, 0.717) is 12.8 Å². The molecule has 0 aromatic carbocycles. The number of pyridine rings is 2. The van der Waals surface area contributed by atoms with Gasteiger partial charge in [0.1, 0.15) is 22.9 Å². The minimum absolute atomic E-state index is 0.0222. The first kappa shape index (κ1) is 16.2. The molecule has 2 aromatic heterocycles. The Labute approximate surface area is 152 Å². The Hall–Kier alpha value is -2.97. The molecule has 0 bridgehead atoms. The molecular weight excluding hydrogens is 356 g/mol. The van der Waals surface area contributed by atoms with E-state index < -0.39 is 28.6 Å². The van der Waals surface area contributed by atoms with E-state index in [1.807, 2.05) is 0 Å². The second kappa shape index (κ2) is 4.85. The van der Waals surface area contributed by atoms with E-state index >= 15 is 8.78 Å². The molecule has 1 amide bonds. The van der Waals surface area contributed by atoms with Gasteiger partial charge in [0.15, 0.2) is 0 Å². The summed E-state index contributed by atoms with van der Waals surface area (Å²) in [6, 6.07) is 1.29. The van der Waals surface area contributed by atoms with Crippen LogP contribution in [0.1, 0.15) is 52.9 Å². The molecule has 5 rings (SSSR count). The quantitative estimate of drug-likeness (QED) is 0.658. The van der Waals surface area contributed by atoms with E-state index in [1.165, 1.54) is 17.6 Å². The molecule has 0 radical (unpaired) electrons. The Bertz CT molecular complexity index is 1090. The van der Waals surface area contributed by atoms with Crippen LogP contribution in [-0.2, 0) is 11.6 Å². The van der Waals surface area contributed by atoms with Crippen LogP contribution < -0.4 is 21.9 Å². The number of nitrogen functional groups attached to an aromatic ring is 1. The summed E-state index contributed by atoms with van der Waals surface area (Å²) in [6.07, 6.45) is 3.93. The van der Waals surface area contributed by atoms with Crippen LogP contribution in [0.3, 0.4) is 0 Å². The number of nitrogens with one attached hydrogen (secondary N) is 2. The summed E-state index contributed by atoms with van der Waals surface area (Å²) in [4.78, 5) is 29.7. The van der Waals surface area contributed by atoms with Crippen LogP contribution in [0, 0.1) is 6.92 Å². The lowest BCUT2D eigenvalue weighted by molar-refractivity contribution is 0.0416. The van der Waals surface area contributed by atoms with Crippen molar-refractivity contribution in [2.24, 2.45) is 0 Å². The highest BCUT2D eigenvalue weighted by Gasteiger charge is 2.52. The number of carbonyl (C=O) groups excluding carboxylic acids is 1. The fraction of sp³-hybridized carbons (Fsp3) is 0.389. The number of hydrogen-bond acceptors (Lipinski definition) is 5. The molecule has 1 fully saturated rings. The van der Waals surface area contributed by atoms with Crippen LogP contribution in [0.4, 0.5) is 26.0 Å². The molecular formula is C18H17F2N5O2. The van der Waals surface area contributed by atoms with Crippen LogP contribution in [0.2, 0.25) is 0 Å². The first-order valence-electron chi connectivity index (χ1n) is 8.80. The summed E-state index contributed by atoms with van der Waals surface area (Å²) in [5.41, 5.74) is 3.32. The van der Waals surface area contributed by atoms with E-state index in [0.717, 1.165) is 19.0 Å². The van der Waals surface area contributed by atoms with Gasteiger partial charge in [-0.2, -0.15) is 8.78 Å². The predicted molar refractivity (Wildman–Crippen MR) is 94.3 cm³/mol. The smallest absolute Gasteiger partial charge is 0.304 e. The molecule has 140 valence electrons. The Morgan fingerprint density at radius 2 is 1.96 bits per heavy atom. The van der Waals surface area contributed by atoms with Crippen LogP contribution in [0.15, 0.2) is 17.1 Å². The lowest BCUT2D eigenvalue weighted by Crippen LogP contribution is -2.46. The SMILES string of the molecule is Cc1c2c(c(=O)n3c1C(=O)NC31CCCC1)Nc1cc(N)ncc1C2(F)F. The molecule has 0 atom stereocenters. The molecule has 2 aromatic rings. The van der Waals surface area contributed by atoms with Crippen LogP contribution >= 0.6 is 0 Å². The number of alkyl halides is 2. The Morgan fingerprint density at radius 3 is 2.67 bits per heavy atom. The van der Waals surface area contributed by atoms with Crippen molar-refractivity contribution in [1.82, 2.24) is 14.9 Å². The number of hydrogen-bond donors (Lipinski definition) is 3. The Kier molecular flexibility index (Phi) is 2.91. The van der Waals surface area contributed by atoms with Crippen molar-refractivity contribution >= 4 is 23.1 Å². The van der Waals surface area contributed by atoms with Gasteiger partial charge < -0.3 is 16.4 Å². The van der Waals surface area contributed by atoms with Crippen molar-refractivity contribution in [3.05, 3.63) is 45.0 Å². The molecule has 4 heterocycles. The van der Waals surface area contributed by atoms with Gasteiger partial charge in [0.25, 0.3) is 11.5 Å². The number of nitrogens with two attached hydrogens (primary N) is 1.